The third-order valence-electron chi connectivity index (χ3n) is 9.52. The molecular formula is C45H31N3. The second-order valence-electron chi connectivity index (χ2n) is 12.2. The summed E-state index contributed by atoms with van der Waals surface area (Å²) in [5.41, 5.74) is 9.51. The number of hydrogen-bond acceptors (Lipinski definition) is 3. The van der Waals surface area contributed by atoms with Crippen LogP contribution in [0.25, 0.3) is 76.7 Å². The summed E-state index contributed by atoms with van der Waals surface area (Å²) >= 11 is 0. The number of fused-ring (bicyclic) bond motifs is 4. The molecule has 0 amide bonds. The van der Waals surface area contributed by atoms with Gasteiger partial charge in [-0.1, -0.05) is 140 Å². The molecule has 0 radical (unpaired) electrons. The lowest BCUT2D eigenvalue weighted by atomic mass is 9.84. The van der Waals surface area contributed by atoms with Crippen LogP contribution < -0.4 is 4.90 Å². The number of anilines is 1. The van der Waals surface area contributed by atoms with Crippen molar-refractivity contribution in [3.63, 3.8) is 0 Å². The summed E-state index contributed by atoms with van der Waals surface area (Å²) in [5.74, 6) is 0. The highest BCUT2D eigenvalue weighted by Crippen LogP contribution is 2.47. The zero-order valence-corrected chi connectivity index (χ0v) is 26.3. The second kappa shape index (κ2) is 11.5. The number of benzene rings is 7. The molecule has 0 N–H and O–H groups in total. The Morgan fingerprint density at radius 3 is 1.88 bits per heavy atom. The fourth-order valence-corrected chi connectivity index (χ4v) is 7.45. The molecule has 0 fully saturated rings. The molecule has 1 aliphatic rings. The van der Waals surface area contributed by atoms with Gasteiger partial charge in [0.25, 0.3) is 0 Å². The van der Waals surface area contributed by atoms with Crippen molar-refractivity contribution in [2.75, 3.05) is 11.4 Å². The lowest BCUT2D eigenvalue weighted by Gasteiger charge is -2.26. The number of rotatable bonds is 5. The van der Waals surface area contributed by atoms with Crippen molar-refractivity contribution in [3.05, 3.63) is 164 Å². The highest BCUT2D eigenvalue weighted by atomic mass is 15.1. The van der Waals surface area contributed by atoms with Crippen molar-refractivity contribution >= 4 is 61.3 Å². The molecule has 0 unspecified atom stereocenters. The smallest absolute Gasteiger partial charge is 0.0975 e. The maximum atomic E-state index is 5.28. The van der Waals surface area contributed by atoms with Crippen molar-refractivity contribution in [1.29, 1.82) is 0 Å². The van der Waals surface area contributed by atoms with E-state index in [1.165, 1.54) is 49.0 Å². The number of para-hydroxylation sites is 1. The average molecular weight is 614 g/mol. The Bertz CT molecular complexity index is 2570. The van der Waals surface area contributed by atoms with Crippen LogP contribution in [0.3, 0.4) is 0 Å². The Labute approximate surface area is 279 Å². The SMILES string of the molecule is C=Nc1c(N2C=CC=CC2)c(-c2cccc(-c3c4ccccc4c(-c4cccc5ccccc45)c4ccccc34)c2)nc2ccccc12. The molecule has 3 heteroatoms. The van der Waals surface area contributed by atoms with Crippen LogP contribution in [0.2, 0.25) is 0 Å². The first-order chi connectivity index (χ1) is 23.8. The summed E-state index contributed by atoms with van der Waals surface area (Å²) < 4.78 is 0. The molecule has 0 aliphatic carbocycles. The largest absolute Gasteiger partial charge is 0.341 e. The normalized spacial score (nSPS) is 12.8. The minimum absolute atomic E-state index is 0.733. The van der Waals surface area contributed by atoms with Crippen molar-refractivity contribution in [2.45, 2.75) is 0 Å². The van der Waals surface area contributed by atoms with Gasteiger partial charge in [0.15, 0.2) is 0 Å². The van der Waals surface area contributed by atoms with Gasteiger partial charge in [0.1, 0.15) is 0 Å². The number of aliphatic imine (C=N–C) groups is 1. The Morgan fingerprint density at radius 2 is 1.17 bits per heavy atom. The fourth-order valence-electron chi connectivity index (χ4n) is 7.45. The first-order valence-electron chi connectivity index (χ1n) is 16.3. The molecule has 0 bridgehead atoms. The van der Waals surface area contributed by atoms with Gasteiger partial charge in [-0.15, -0.1) is 0 Å². The topological polar surface area (TPSA) is 28.5 Å². The molecule has 0 saturated heterocycles. The molecule has 1 aliphatic heterocycles. The Kier molecular flexibility index (Phi) is 6.69. The summed E-state index contributed by atoms with van der Waals surface area (Å²) in [6.45, 7) is 4.74. The van der Waals surface area contributed by atoms with Crippen molar-refractivity contribution in [1.82, 2.24) is 4.98 Å². The third kappa shape index (κ3) is 4.44. The molecule has 1 aromatic heterocycles. The van der Waals surface area contributed by atoms with Crippen LogP contribution in [0.4, 0.5) is 11.4 Å². The van der Waals surface area contributed by atoms with E-state index < -0.39 is 0 Å². The molecule has 0 saturated carbocycles. The minimum Gasteiger partial charge on any atom is -0.341 e. The number of pyridine rings is 1. The van der Waals surface area contributed by atoms with Crippen molar-refractivity contribution < 1.29 is 0 Å². The molecule has 7 aromatic carbocycles. The van der Waals surface area contributed by atoms with Gasteiger partial charge in [0, 0.05) is 23.7 Å². The quantitative estimate of drug-likeness (QED) is 0.143. The molecule has 0 spiro atoms. The fraction of sp³-hybridized carbons (Fsp3) is 0.0222. The average Bonchev–Trinajstić information content (AvgIpc) is 3.16. The maximum absolute atomic E-state index is 5.28. The molecule has 226 valence electrons. The van der Waals surface area contributed by atoms with E-state index in [0.29, 0.717) is 0 Å². The summed E-state index contributed by atoms with van der Waals surface area (Å²) in [6, 6.07) is 50.0. The maximum Gasteiger partial charge on any atom is 0.0975 e. The predicted octanol–water partition coefficient (Wildman–Crippen LogP) is 11.9. The summed E-state index contributed by atoms with van der Waals surface area (Å²) in [5, 5.41) is 8.41. The lowest BCUT2D eigenvalue weighted by molar-refractivity contribution is 1.07. The van der Waals surface area contributed by atoms with Crippen molar-refractivity contribution in [3.8, 4) is 33.5 Å². The Morgan fingerprint density at radius 1 is 0.562 bits per heavy atom. The number of allylic oxidation sites excluding steroid dienone is 2. The van der Waals surface area contributed by atoms with Crippen LogP contribution in [0, 0.1) is 0 Å². The monoisotopic (exact) mass is 613 g/mol. The van der Waals surface area contributed by atoms with Crippen molar-refractivity contribution in [2.24, 2.45) is 4.99 Å². The number of hydrogen-bond donors (Lipinski definition) is 0. The molecule has 2 heterocycles. The van der Waals surface area contributed by atoms with Crippen LogP contribution in [0.15, 0.2) is 169 Å². The zero-order chi connectivity index (χ0) is 32.0. The van der Waals surface area contributed by atoms with E-state index in [-0.39, 0.29) is 0 Å². The van der Waals surface area contributed by atoms with Gasteiger partial charge in [-0.3, -0.25) is 4.99 Å². The molecule has 48 heavy (non-hydrogen) atoms. The molecular weight excluding hydrogens is 583 g/mol. The van der Waals surface area contributed by atoms with E-state index in [4.69, 9.17) is 4.98 Å². The van der Waals surface area contributed by atoms with E-state index in [1.54, 1.807) is 0 Å². The van der Waals surface area contributed by atoms with Crippen LogP contribution in [0.1, 0.15) is 0 Å². The first kappa shape index (κ1) is 27.9. The standard InChI is InChI=1S/C45H31N3/c1-46-44-39-24-9-10-26-40(39)47-43(45(44)48-27-11-2-12-28-48)32-18-13-17-31(29-32)41-35-20-5-7-22-37(35)42(38-23-8-6-21-36(38)41)34-25-14-16-30-15-3-4-19-33(30)34/h2-27,29H,1,28H2. The highest BCUT2D eigenvalue weighted by Gasteiger charge is 2.22. The molecule has 8 aromatic rings. The van der Waals surface area contributed by atoms with E-state index in [9.17, 15) is 0 Å². The van der Waals surface area contributed by atoms with E-state index >= 15 is 0 Å². The van der Waals surface area contributed by atoms with Gasteiger partial charge in [0.2, 0.25) is 0 Å². The predicted molar refractivity (Wildman–Crippen MR) is 205 cm³/mol. The summed E-state index contributed by atoms with van der Waals surface area (Å²) in [7, 11) is 0. The van der Waals surface area contributed by atoms with E-state index in [0.717, 1.165) is 45.6 Å². The van der Waals surface area contributed by atoms with E-state index in [1.807, 2.05) is 12.1 Å². The minimum atomic E-state index is 0.733. The molecule has 9 rings (SSSR count). The highest BCUT2D eigenvalue weighted by molar-refractivity contribution is 6.23. The van der Waals surface area contributed by atoms with Gasteiger partial charge in [-0.25, -0.2) is 4.98 Å². The third-order valence-corrected chi connectivity index (χ3v) is 9.52. The van der Waals surface area contributed by atoms with Crippen LogP contribution in [-0.4, -0.2) is 18.2 Å². The molecule has 0 atom stereocenters. The van der Waals surface area contributed by atoms with Gasteiger partial charge in [-0.05, 0) is 79.5 Å². The van der Waals surface area contributed by atoms with Gasteiger partial charge in [0.05, 0.1) is 22.6 Å². The van der Waals surface area contributed by atoms with Gasteiger partial charge in [-0.2, -0.15) is 0 Å². The Balaban J connectivity index is 1.33. The molecule has 3 nitrogen and oxygen atoms in total. The zero-order valence-electron chi connectivity index (χ0n) is 26.3. The number of nitrogens with zero attached hydrogens (tertiary/aromatic N) is 3. The van der Waals surface area contributed by atoms with Crippen LogP contribution >= 0.6 is 0 Å². The summed E-state index contributed by atoms with van der Waals surface area (Å²) in [6.07, 6.45) is 8.38. The van der Waals surface area contributed by atoms with Crippen LogP contribution in [0.5, 0.6) is 0 Å². The van der Waals surface area contributed by atoms with Gasteiger partial charge >= 0.3 is 0 Å². The van der Waals surface area contributed by atoms with Crippen LogP contribution in [-0.2, 0) is 0 Å². The summed E-state index contributed by atoms with van der Waals surface area (Å²) in [4.78, 5) is 12.1. The Hall–Kier alpha value is -6.32. The van der Waals surface area contributed by atoms with Gasteiger partial charge < -0.3 is 4.90 Å². The first-order valence-corrected chi connectivity index (χ1v) is 16.3. The van der Waals surface area contributed by atoms with E-state index in [2.05, 4.69) is 168 Å². The number of aromatic nitrogens is 1. The lowest BCUT2D eigenvalue weighted by Crippen LogP contribution is -2.19. The second-order valence-corrected chi connectivity index (χ2v) is 12.2.